The lowest BCUT2D eigenvalue weighted by molar-refractivity contribution is -0.386. The molecule has 0 radical (unpaired) electrons. The van der Waals surface area contributed by atoms with Crippen LogP contribution in [0.4, 0.5) is 5.69 Å². The first-order chi connectivity index (χ1) is 11.8. The highest BCUT2D eigenvalue weighted by Crippen LogP contribution is 2.29. The number of esters is 1. The van der Waals surface area contributed by atoms with Crippen molar-refractivity contribution in [2.24, 2.45) is 0 Å². The number of methoxy groups -OCH3 is 1. The molecule has 0 unspecified atom stereocenters. The highest BCUT2D eigenvalue weighted by Gasteiger charge is 2.18. The fourth-order valence-corrected chi connectivity index (χ4v) is 2.01. The van der Waals surface area contributed by atoms with Crippen LogP contribution in [0.5, 0.6) is 11.5 Å². The topological polar surface area (TPSA) is 144 Å². The zero-order valence-corrected chi connectivity index (χ0v) is 13.2. The number of carbonyl (C=O) groups excluding carboxylic acids is 1. The average molecular weight is 347 g/mol. The van der Waals surface area contributed by atoms with Crippen LogP contribution in [0.3, 0.4) is 0 Å². The maximum atomic E-state index is 11.5. The molecule has 0 saturated carbocycles. The first kappa shape index (κ1) is 17.7. The van der Waals surface area contributed by atoms with Gasteiger partial charge in [-0.25, -0.2) is 4.79 Å². The predicted molar refractivity (Wildman–Crippen MR) is 87.6 cm³/mol. The quantitative estimate of drug-likeness (QED) is 0.356. The van der Waals surface area contributed by atoms with Crippen molar-refractivity contribution in [1.82, 2.24) is 9.97 Å². The van der Waals surface area contributed by atoms with Crippen molar-refractivity contribution in [3.05, 3.63) is 60.4 Å². The Kier molecular flexibility index (Phi) is 5.12. The number of nitrogens with zero attached hydrogens (tertiary/aromatic N) is 1. The number of hydrogen-bond donors (Lipinski definition) is 2. The Morgan fingerprint density at radius 3 is 2.52 bits per heavy atom. The second kappa shape index (κ2) is 7.25. The summed E-state index contributed by atoms with van der Waals surface area (Å²) in [6.07, 6.45) is 2.65. The summed E-state index contributed by atoms with van der Waals surface area (Å²) in [5.41, 5.74) is -2.46. The highest BCUT2D eigenvalue weighted by atomic mass is 16.6. The van der Waals surface area contributed by atoms with Crippen LogP contribution in [0.25, 0.3) is 12.2 Å². The Hall–Kier alpha value is -3.69. The number of aromatic nitrogens is 2. The summed E-state index contributed by atoms with van der Waals surface area (Å²) in [7, 11) is 1.38. The summed E-state index contributed by atoms with van der Waals surface area (Å²) in [5.74, 6) is -0.0350. The van der Waals surface area contributed by atoms with E-state index in [1.807, 2.05) is 0 Å². The summed E-state index contributed by atoms with van der Waals surface area (Å²) in [6.45, 7) is 1.25. The third-order valence-electron chi connectivity index (χ3n) is 3.01. The van der Waals surface area contributed by atoms with Gasteiger partial charge < -0.3 is 14.5 Å². The van der Waals surface area contributed by atoms with Gasteiger partial charge in [0, 0.05) is 6.92 Å². The van der Waals surface area contributed by atoms with E-state index < -0.39 is 27.8 Å². The third-order valence-corrected chi connectivity index (χ3v) is 3.01. The van der Waals surface area contributed by atoms with Crippen molar-refractivity contribution in [1.29, 1.82) is 0 Å². The van der Waals surface area contributed by atoms with E-state index in [4.69, 9.17) is 9.47 Å². The van der Waals surface area contributed by atoms with Gasteiger partial charge >= 0.3 is 22.9 Å². The zero-order chi connectivity index (χ0) is 18.6. The number of rotatable bonds is 5. The largest absolute Gasteiger partial charge is 0.493 e. The second-order valence-electron chi connectivity index (χ2n) is 4.76. The van der Waals surface area contributed by atoms with Crippen molar-refractivity contribution < 1.29 is 19.2 Å². The molecule has 130 valence electrons. The van der Waals surface area contributed by atoms with Crippen LogP contribution in [0.2, 0.25) is 0 Å². The van der Waals surface area contributed by atoms with Crippen molar-refractivity contribution in [3.8, 4) is 11.5 Å². The minimum atomic E-state index is -1.10. The molecule has 25 heavy (non-hydrogen) atoms. The Morgan fingerprint density at radius 1 is 1.20 bits per heavy atom. The van der Waals surface area contributed by atoms with E-state index in [0.717, 1.165) is 0 Å². The van der Waals surface area contributed by atoms with Gasteiger partial charge in [-0.3, -0.25) is 24.7 Å². The Bertz CT molecular complexity index is 972. The molecule has 2 rings (SSSR count). The fourth-order valence-electron chi connectivity index (χ4n) is 2.01. The smallest absolute Gasteiger partial charge is 0.357 e. The first-order valence-corrected chi connectivity index (χ1v) is 6.87. The highest BCUT2D eigenvalue weighted by molar-refractivity contribution is 5.74. The molecule has 0 aliphatic heterocycles. The van der Waals surface area contributed by atoms with Crippen molar-refractivity contribution in [2.45, 2.75) is 6.92 Å². The van der Waals surface area contributed by atoms with Gasteiger partial charge in [-0.2, -0.15) is 0 Å². The van der Waals surface area contributed by atoms with Gasteiger partial charge in [-0.15, -0.1) is 0 Å². The summed E-state index contributed by atoms with van der Waals surface area (Å²) in [5, 5.41) is 11.0. The molecule has 0 amide bonds. The molecule has 0 bridgehead atoms. The summed E-state index contributed by atoms with van der Waals surface area (Å²) in [4.78, 5) is 47.9. The summed E-state index contributed by atoms with van der Waals surface area (Å²) in [6, 6.07) is 4.56. The van der Waals surface area contributed by atoms with Gasteiger partial charge in [0.25, 0.3) is 0 Å². The van der Waals surface area contributed by atoms with Gasteiger partial charge in [-0.1, -0.05) is 12.1 Å². The lowest BCUT2D eigenvalue weighted by Crippen LogP contribution is -2.25. The molecule has 1 aromatic heterocycles. The number of benzene rings is 1. The Morgan fingerprint density at radius 2 is 1.92 bits per heavy atom. The van der Waals surface area contributed by atoms with Crippen LogP contribution in [-0.2, 0) is 4.79 Å². The number of nitrogens with one attached hydrogen (secondary N) is 2. The standard InChI is InChI=1S/C15H13N3O7/c1-8(19)25-11-6-4-9(7-12(11)24-2)3-5-10-13(18(22)23)14(20)17-15(21)16-10/h3-7H,1-2H3,(H2,16,17,20,21)/b5-3+. The third kappa shape index (κ3) is 4.19. The van der Waals surface area contributed by atoms with E-state index in [2.05, 4.69) is 4.98 Å². The molecule has 2 aromatic rings. The molecule has 1 heterocycles. The number of aromatic amines is 2. The van der Waals surface area contributed by atoms with Crippen LogP contribution in [0.15, 0.2) is 27.8 Å². The summed E-state index contributed by atoms with van der Waals surface area (Å²) < 4.78 is 10.1. The second-order valence-corrected chi connectivity index (χ2v) is 4.76. The van der Waals surface area contributed by atoms with E-state index in [1.54, 1.807) is 11.1 Å². The maximum Gasteiger partial charge on any atom is 0.357 e. The normalized spacial score (nSPS) is 10.6. The zero-order valence-electron chi connectivity index (χ0n) is 13.2. The molecule has 0 fully saturated rings. The number of nitro groups is 1. The van der Waals surface area contributed by atoms with Crippen LogP contribution < -0.4 is 20.7 Å². The van der Waals surface area contributed by atoms with E-state index in [9.17, 15) is 24.5 Å². The number of carbonyl (C=O) groups is 1. The fraction of sp³-hybridized carbons (Fsp3) is 0.133. The molecule has 0 aliphatic rings. The van der Waals surface area contributed by atoms with E-state index in [0.29, 0.717) is 5.56 Å². The summed E-state index contributed by atoms with van der Waals surface area (Å²) >= 11 is 0. The molecular formula is C15H13N3O7. The number of ether oxygens (including phenoxy) is 2. The molecule has 0 aliphatic carbocycles. The molecule has 0 spiro atoms. The van der Waals surface area contributed by atoms with Crippen molar-refractivity contribution >= 4 is 23.8 Å². The van der Waals surface area contributed by atoms with Gasteiger partial charge in [0.05, 0.1) is 12.0 Å². The van der Waals surface area contributed by atoms with E-state index >= 15 is 0 Å². The lowest BCUT2D eigenvalue weighted by Gasteiger charge is -2.08. The monoisotopic (exact) mass is 347 g/mol. The number of hydrogen-bond acceptors (Lipinski definition) is 7. The lowest BCUT2D eigenvalue weighted by atomic mass is 10.1. The SMILES string of the molecule is COc1cc(/C=C/c2[nH]c(=O)[nH]c(=O)c2[N+](=O)[O-])ccc1OC(C)=O. The van der Waals surface area contributed by atoms with Crippen LogP contribution in [0.1, 0.15) is 18.2 Å². The molecular weight excluding hydrogens is 334 g/mol. The molecule has 1 aromatic carbocycles. The van der Waals surface area contributed by atoms with Crippen molar-refractivity contribution in [3.63, 3.8) is 0 Å². The Labute approximate surface area is 139 Å². The van der Waals surface area contributed by atoms with E-state index in [-0.39, 0.29) is 17.2 Å². The van der Waals surface area contributed by atoms with Gasteiger partial charge in [-0.05, 0) is 23.8 Å². The van der Waals surface area contributed by atoms with Gasteiger partial charge in [0.15, 0.2) is 11.5 Å². The first-order valence-electron chi connectivity index (χ1n) is 6.87. The average Bonchev–Trinajstić information content (AvgIpc) is 2.52. The minimum absolute atomic E-state index is 0.211. The van der Waals surface area contributed by atoms with Crippen LogP contribution in [-0.4, -0.2) is 28.0 Å². The molecule has 10 nitrogen and oxygen atoms in total. The van der Waals surface area contributed by atoms with E-state index in [1.165, 1.54) is 38.3 Å². The maximum absolute atomic E-state index is 11.5. The Balaban J connectivity index is 2.43. The minimum Gasteiger partial charge on any atom is -0.493 e. The molecule has 10 heteroatoms. The van der Waals surface area contributed by atoms with Crippen LogP contribution >= 0.6 is 0 Å². The van der Waals surface area contributed by atoms with Crippen molar-refractivity contribution in [2.75, 3.05) is 7.11 Å². The van der Waals surface area contributed by atoms with Gasteiger partial charge in [0.1, 0.15) is 5.69 Å². The van der Waals surface area contributed by atoms with Crippen LogP contribution in [0, 0.1) is 10.1 Å². The molecule has 0 atom stereocenters. The molecule has 2 N–H and O–H groups in total. The molecule has 0 saturated heterocycles. The van der Waals surface area contributed by atoms with Gasteiger partial charge in [0.2, 0.25) is 0 Å². The number of H-pyrrole nitrogens is 2. The predicted octanol–water partition coefficient (Wildman–Crippen LogP) is 1.08.